The Labute approximate surface area is 119 Å². The van der Waals surface area contributed by atoms with Crippen LogP contribution in [0.5, 0.6) is 0 Å². The van der Waals surface area contributed by atoms with Crippen molar-refractivity contribution in [3.8, 4) is 11.3 Å². The number of rotatable bonds is 5. The normalized spacial score (nSPS) is 11.1. The second-order valence-electron chi connectivity index (χ2n) is 5.65. The summed E-state index contributed by atoms with van der Waals surface area (Å²) in [5, 5.41) is 8.11. The average Bonchev–Trinajstić information content (AvgIpc) is 2.82. The minimum absolute atomic E-state index is 0.414. The summed E-state index contributed by atoms with van der Waals surface area (Å²) < 4.78 is 1.84. The van der Waals surface area contributed by atoms with Crippen LogP contribution >= 0.6 is 0 Å². The summed E-state index contributed by atoms with van der Waals surface area (Å²) in [4.78, 5) is 11.2. The van der Waals surface area contributed by atoms with Gasteiger partial charge in [0.25, 0.3) is 0 Å². The smallest absolute Gasteiger partial charge is 0.172 e. The van der Waals surface area contributed by atoms with E-state index in [-0.39, 0.29) is 0 Å². The molecule has 0 aliphatic heterocycles. The van der Waals surface area contributed by atoms with Crippen LogP contribution < -0.4 is 0 Å². The quantitative estimate of drug-likeness (QED) is 0.783. The maximum Gasteiger partial charge on any atom is 0.172 e. The van der Waals surface area contributed by atoms with Gasteiger partial charge in [-0.15, -0.1) is 5.10 Å². The van der Waals surface area contributed by atoms with Crippen molar-refractivity contribution in [1.29, 1.82) is 0 Å². The molecule has 0 spiro atoms. The molecule has 4 heteroatoms. The summed E-state index contributed by atoms with van der Waals surface area (Å²) in [5.41, 5.74) is 4.68. The van der Waals surface area contributed by atoms with Crippen LogP contribution in [0.15, 0.2) is 18.2 Å². The number of nitrogens with zero attached hydrogens (tertiary/aromatic N) is 3. The Morgan fingerprint density at radius 1 is 1.25 bits per heavy atom. The van der Waals surface area contributed by atoms with Gasteiger partial charge in [0, 0.05) is 12.1 Å². The Bertz CT molecular complexity index is 614. The zero-order valence-electron chi connectivity index (χ0n) is 12.6. The minimum Gasteiger partial charge on any atom is -0.296 e. The van der Waals surface area contributed by atoms with Gasteiger partial charge in [-0.25, -0.2) is 4.68 Å². The van der Waals surface area contributed by atoms with E-state index in [9.17, 15) is 4.79 Å². The van der Waals surface area contributed by atoms with Gasteiger partial charge < -0.3 is 0 Å². The van der Waals surface area contributed by atoms with Crippen molar-refractivity contribution in [2.75, 3.05) is 0 Å². The largest absolute Gasteiger partial charge is 0.296 e. The van der Waals surface area contributed by atoms with E-state index in [2.05, 4.69) is 50.1 Å². The lowest BCUT2D eigenvalue weighted by Crippen LogP contribution is -2.06. The third kappa shape index (κ3) is 2.95. The SMILES string of the molecule is Cc1ccc(-c2c(C=O)nnn2CCC(C)C)cc1C. The van der Waals surface area contributed by atoms with Gasteiger partial charge in [-0.3, -0.25) is 4.79 Å². The van der Waals surface area contributed by atoms with Crippen molar-refractivity contribution in [1.82, 2.24) is 15.0 Å². The molecule has 0 N–H and O–H groups in total. The van der Waals surface area contributed by atoms with Gasteiger partial charge >= 0.3 is 0 Å². The Morgan fingerprint density at radius 3 is 2.60 bits per heavy atom. The van der Waals surface area contributed by atoms with Gasteiger partial charge in [-0.2, -0.15) is 0 Å². The third-order valence-corrected chi connectivity index (χ3v) is 3.57. The Kier molecular flexibility index (Phi) is 4.32. The molecule has 0 atom stereocenters. The summed E-state index contributed by atoms with van der Waals surface area (Å²) in [7, 11) is 0. The molecule has 0 unspecified atom stereocenters. The van der Waals surface area contributed by atoms with Gasteiger partial charge in [0.15, 0.2) is 12.0 Å². The first-order valence-corrected chi connectivity index (χ1v) is 6.99. The molecule has 0 aliphatic rings. The highest BCUT2D eigenvalue weighted by Gasteiger charge is 2.15. The van der Waals surface area contributed by atoms with Crippen LogP contribution in [-0.2, 0) is 6.54 Å². The lowest BCUT2D eigenvalue weighted by atomic mass is 10.0. The van der Waals surface area contributed by atoms with Crippen LogP contribution in [0.1, 0.15) is 41.9 Å². The maximum atomic E-state index is 11.2. The minimum atomic E-state index is 0.414. The number of hydrogen-bond donors (Lipinski definition) is 0. The summed E-state index contributed by atoms with van der Waals surface area (Å²) in [5.74, 6) is 0.589. The van der Waals surface area contributed by atoms with E-state index in [1.165, 1.54) is 11.1 Å². The van der Waals surface area contributed by atoms with Crippen molar-refractivity contribution in [3.63, 3.8) is 0 Å². The molecule has 2 rings (SSSR count). The molecule has 1 aromatic heterocycles. The van der Waals surface area contributed by atoms with Crippen LogP contribution in [-0.4, -0.2) is 21.3 Å². The lowest BCUT2D eigenvalue weighted by Gasteiger charge is -2.10. The second-order valence-corrected chi connectivity index (χ2v) is 5.65. The first-order chi connectivity index (χ1) is 9.52. The second kappa shape index (κ2) is 5.99. The number of aromatic nitrogens is 3. The summed E-state index contributed by atoms with van der Waals surface area (Å²) in [6.45, 7) is 9.27. The molecule has 0 bridgehead atoms. The van der Waals surface area contributed by atoms with E-state index >= 15 is 0 Å². The molecule has 106 valence electrons. The molecule has 1 aromatic carbocycles. The molecule has 4 nitrogen and oxygen atoms in total. The van der Waals surface area contributed by atoms with Crippen molar-refractivity contribution in [2.24, 2.45) is 5.92 Å². The zero-order chi connectivity index (χ0) is 14.7. The maximum absolute atomic E-state index is 11.2. The molecule has 0 fully saturated rings. The number of aryl methyl sites for hydroxylation is 3. The molecule has 0 aliphatic carbocycles. The number of carbonyl (C=O) groups is 1. The van der Waals surface area contributed by atoms with Crippen LogP contribution in [0.4, 0.5) is 0 Å². The van der Waals surface area contributed by atoms with E-state index in [1.54, 1.807) is 0 Å². The van der Waals surface area contributed by atoms with Crippen LogP contribution in [0.25, 0.3) is 11.3 Å². The van der Waals surface area contributed by atoms with Crippen LogP contribution in [0, 0.1) is 19.8 Å². The lowest BCUT2D eigenvalue weighted by molar-refractivity contribution is 0.111. The van der Waals surface area contributed by atoms with Crippen molar-refractivity contribution < 1.29 is 4.79 Å². The van der Waals surface area contributed by atoms with Gasteiger partial charge in [-0.1, -0.05) is 31.2 Å². The molecule has 0 saturated heterocycles. The van der Waals surface area contributed by atoms with Gasteiger partial charge in [0.05, 0.1) is 5.69 Å². The number of aldehydes is 1. The standard InChI is InChI=1S/C16H21N3O/c1-11(2)7-8-19-16(15(10-20)17-18-19)14-6-5-12(3)13(4)9-14/h5-6,9-11H,7-8H2,1-4H3. The average molecular weight is 271 g/mol. The molecule has 0 saturated carbocycles. The predicted molar refractivity (Wildman–Crippen MR) is 79.8 cm³/mol. The van der Waals surface area contributed by atoms with Crippen LogP contribution in [0.2, 0.25) is 0 Å². The Morgan fingerprint density at radius 2 is 2.00 bits per heavy atom. The first kappa shape index (κ1) is 14.4. The molecule has 0 radical (unpaired) electrons. The Hall–Kier alpha value is -1.97. The zero-order valence-corrected chi connectivity index (χ0v) is 12.6. The predicted octanol–water partition coefficient (Wildman–Crippen LogP) is 3.42. The van der Waals surface area contributed by atoms with Crippen LogP contribution in [0.3, 0.4) is 0 Å². The summed E-state index contributed by atoms with van der Waals surface area (Å²) >= 11 is 0. The molecular weight excluding hydrogens is 250 g/mol. The molecule has 20 heavy (non-hydrogen) atoms. The van der Waals surface area contributed by atoms with E-state index in [1.807, 2.05) is 10.7 Å². The van der Waals surface area contributed by atoms with Crippen molar-refractivity contribution in [2.45, 2.75) is 40.7 Å². The number of hydrogen-bond acceptors (Lipinski definition) is 3. The monoisotopic (exact) mass is 271 g/mol. The third-order valence-electron chi connectivity index (χ3n) is 3.57. The van der Waals surface area contributed by atoms with Gasteiger partial charge in [0.2, 0.25) is 0 Å². The highest BCUT2D eigenvalue weighted by Crippen LogP contribution is 2.24. The molecule has 2 aromatic rings. The van der Waals surface area contributed by atoms with Gasteiger partial charge in [-0.05, 0) is 43.4 Å². The fourth-order valence-electron chi connectivity index (χ4n) is 2.13. The van der Waals surface area contributed by atoms with Crippen molar-refractivity contribution >= 4 is 6.29 Å². The Balaban J connectivity index is 2.44. The fourth-order valence-corrected chi connectivity index (χ4v) is 2.13. The van der Waals surface area contributed by atoms with Gasteiger partial charge in [0.1, 0.15) is 0 Å². The molecule has 1 heterocycles. The number of benzene rings is 1. The fraction of sp³-hybridized carbons (Fsp3) is 0.438. The molecule has 0 amide bonds. The number of carbonyl (C=O) groups excluding carboxylic acids is 1. The first-order valence-electron chi connectivity index (χ1n) is 6.99. The van der Waals surface area contributed by atoms with E-state index < -0.39 is 0 Å². The molecular formula is C16H21N3O. The highest BCUT2D eigenvalue weighted by atomic mass is 16.1. The van der Waals surface area contributed by atoms with E-state index in [0.717, 1.165) is 30.5 Å². The topological polar surface area (TPSA) is 47.8 Å². The summed E-state index contributed by atoms with van der Waals surface area (Å²) in [6, 6.07) is 6.19. The highest BCUT2D eigenvalue weighted by molar-refractivity contribution is 5.83. The summed E-state index contributed by atoms with van der Waals surface area (Å²) in [6.07, 6.45) is 1.79. The van der Waals surface area contributed by atoms with E-state index in [4.69, 9.17) is 0 Å². The van der Waals surface area contributed by atoms with E-state index in [0.29, 0.717) is 11.6 Å². The van der Waals surface area contributed by atoms with Crippen molar-refractivity contribution in [3.05, 3.63) is 35.0 Å².